The number of Topliss-reactive ketones (excluding diaryl/α,β-unsaturated/α-hetero) is 1. The molecule has 2 aromatic carbocycles. The zero-order chi connectivity index (χ0) is 13.1. The first kappa shape index (κ1) is 11.3. The Kier molecular flexibility index (Phi) is 2.90. The number of hydrogen-bond donors (Lipinski definition) is 1. The van der Waals surface area contributed by atoms with E-state index in [0.717, 1.165) is 5.69 Å². The van der Waals surface area contributed by atoms with Crippen molar-refractivity contribution in [3.05, 3.63) is 60.2 Å². The van der Waals surface area contributed by atoms with Gasteiger partial charge in [0.2, 0.25) is 5.78 Å². The normalized spacial score (nSPS) is 13.5. The lowest BCUT2D eigenvalue weighted by Crippen LogP contribution is -2.11. The molecule has 0 unspecified atom stereocenters. The van der Waals surface area contributed by atoms with Crippen LogP contribution >= 0.6 is 0 Å². The van der Waals surface area contributed by atoms with E-state index in [1.807, 2.05) is 48.5 Å². The Labute approximate surface area is 110 Å². The summed E-state index contributed by atoms with van der Waals surface area (Å²) in [6.07, 6.45) is 1.45. The summed E-state index contributed by atoms with van der Waals surface area (Å²) < 4.78 is 0. The molecule has 0 amide bonds. The molecule has 19 heavy (non-hydrogen) atoms. The van der Waals surface area contributed by atoms with E-state index in [2.05, 4.69) is 15.5 Å². The zero-order valence-corrected chi connectivity index (χ0v) is 10.1. The summed E-state index contributed by atoms with van der Waals surface area (Å²) in [6.45, 7) is 0. The summed E-state index contributed by atoms with van der Waals surface area (Å²) in [6, 6.07) is 16.8. The van der Waals surface area contributed by atoms with Gasteiger partial charge in [0, 0.05) is 5.56 Å². The van der Waals surface area contributed by atoms with Crippen molar-refractivity contribution < 1.29 is 4.79 Å². The average molecular weight is 249 g/mol. The van der Waals surface area contributed by atoms with Crippen LogP contribution in [0.1, 0.15) is 10.4 Å². The minimum Gasteiger partial charge on any atom is -0.287 e. The number of carbonyl (C=O) groups excluding carboxylic acids is 1. The summed E-state index contributed by atoms with van der Waals surface area (Å²) in [5.41, 5.74) is 5.40. The fourth-order valence-corrected chi connectivity index (χ4v) is 1.85. The Bertz CT molecular complexity index is 675. The third-order valence-corrected chi connectivity index (χ3v) is 2.78. The monoisotopic (exact) mass is 249 g/mol. The topological polar surface area (TPSA) is 53.8 Å². The van der Waals surface area contributed by atoms with E-state index in [-0.39, 0.29) is 5.78 Å². The highest BCUT2D eigenvalue weighted by atomic mass is 16.1. The Morgan fingerprint density at radius 3 is 2.53 bits per heavy atom. The van der Waals surface area contributed by atoms with E-state index in [1.54, 1.807) is 6.07 Å². The van der Waals surface area contributed by atoms with E-state index in [9.17, 15) is 4.79 Å². The molecule has 0 spiro atoms. The summed E-state index contributed by atoms with van der Waals surface area (Å²) in [4.78, 5) is 16.2. The lowest BCUT2D eigenvalue weighted by Gasteiger charge is -1.97. The van der Waals surface area contributed by atoms with Gasteiger partial charge in [0.15, 0.2) is 0 Å². The first-order chi connectivity index (χ1) is 9.34. The van der Waals surface area contributed by atoms with E-state index >= 15 is 0 Å². The molecule has 0 aromatic heterocycles. The Hall–Kier alpha value is -2.75. The zero-order valence-electron chi connectivity index (χ0n) is 10.1. The number of rotatable bonds is 3. The SMILES string of the molecule is O=C1C(C=NNc2ccccc2)=Nc2ccccc21. The standard InChI is InChI=1S/C15H11N3O/c19-15-12-8-4-5-9-13(12)17-14(15)10-16-18-11-6-2-1-3-7-11/h1-10,18H. The molecule has 0 radical (unpaired) electrons. The van der Waals surface area contributed by atoms with Crippen molar-refractivity contribution in [3.8, 4) is 0 Å². The van der Waals surface area contributed by atoms with Crippen LogP contribution < -0.4 is 5.43 Å². The van der Waals surface area contributed by atoms with Crippen LogP contribution in [0.4, 0.5) is 11.4 Å². The molecule has 0 fully saturated rings. The number of nitrogens with zero attached hydrogens (tertiary/aromatic N) is 2. The number of para-hydroxylation sites is 2. The van der Waals surface area contributed by atoms with Crippen molar-refractivity contribution in [3.63, 3.8) is 0 Å². The van der Waals surface area contributed by atoms with Crippen LogP contribution in [0.3, 0.4) is 0 Å². The predicted molar refractivity (Wildman–Crippen MR) is 76.4 cm³/mol. The smallest absolute Gasteiger partial charge is 0.215 e. The fourth-order valence-electron chi connectivity index (χ4n) is 1.85. The second kappa shape index (κ2) is 4.86. The third kappa shape index (κ3) is 2.28. The average Bonchev–Trinajstić information content (AvgIpc) is 2.78. The number of aliphatic imine (C=N–C) groups is 1. The summed E-state index contributed by atoms with van der Waals surface area (Å²) in [5.74, 6) is -0.0887. The van der Waals surface area contributed by atoms with Gasteiger partial charge in [-0.15, -0.1) is 0 Å². The number of anilines is 1. The Balaban J connectivity index is 1.74. The van der Waals surface area contributed by atoms with Crippen molar-refractivity contribution in [2.45, 2.75) is 0 Å². The van der Waals surface area contributed by atoms with Crippen LogP contribution in [0.15, 0.2) is 64.7 Å². The fraction of sp³-hybridized carbons (Fsp3) is 0. The van der Waals surface area contributed by atoms with Gasteiger partial charge < -0.3 is 0 Å². The first-order valence-electron chi connectivity index (χ1n) is 5.91. The Morgan fingerprint density at radius 2 is 1.74 bits per heavy atom. The molecule has 1 N–H and O–H groups in total. The number of nitrogens with one attached hydrogen (secondary N) is 1. The van der Waals surface area contributed by atoms with Gasteiger partial charge in [-0.2, -0.15) is 5.10 Å². The van der Waals surface area contributed by atoms with Crippen LogP contribution in [-0.2, 0) is 0 Å². The number of hydrogen-bond acceptors (Lipinski definition) is 4. The molecule has 1 aliphatic heterocycles. The molecular weight excluding hydrogens is 238 g/mol. The molecule has 92 valence electrons. The van der Waals surface area contributed by atoms with Crippen molar-refractivity contribution in [1.29, 1.82) is 0 Å². The van der Waals surface area contributed by atoms with Gasteiger partial charge in [-0.05, 0) is 24.3 Å². The molecule has 0 bridgehead atoms. The van der Waals surface area contributed by atoms with Gasteiger partial charge in [0.1, 0.15) is 5.71 Å². The van der Waals surface area contributed by atoms with Gasteiger partial charge in [0.05, 0.1) is 17.6 Å². The minimum absolute atomic E-state index is 0.0887. The molecule has 0 saturated heterocycles. The van der Waals surface area contributed by atoms with Crippen molar-refractivity contribution in [2.75, 3.05) is 5.43 Å². The van der Waals surface area contributed by atoms with Gasteiger partial charge in [-0.1, -0.05) is 30.3 Å². The predicted octanol–water partition coefficient (Wildman–Crippen LogP) is 3.05. The number of carbonyl (C=O) groups is 1. The highest BCUT2D eigenvalue weighted by Crippen LogP contribution is 2.25. The van der Waals surface area contributed by atoms with Crippen molar-refractivity contribution in [2.24, 2.45) is 10.1 Å². The second-order valence-electron chi connectivity index (χ2n) is 4.08. The van der Waals surface area contributed by atoms with Crippen LogP contribution in [0.2, 0.25) is 0 Å². The summed E-state index contributed by atoms with van der Waals surface area (Å²) in [7, 11) is 0. The number of ketones is 1. The highest BCUT2D eigenvalue weighted by Gasteiger charge is 2.22. The third-order valence-electron chi connectivity index (χ3n) is 2.78. The first-order valence-corrected chi connectivity index (χ1v) is 5.91. The van der Waals surface area contributed by atoms with E-state index in [4.69, 9.17) is 0 Å². The molecule has 0 aliphatic carbocycles. The molecule has 1 heterocycles. The maximum Gasteiger partial charge on any atom is 0.215 e. The molecule has 2 aromatic rings. The molecule has 4 heteroatoms. The van der Waals surface area contributed by atoms with Crippen LogP contribution in [0, 0.1) is 0 Å². The maximum absolute atomic E-state index is 12.0. The van der Waals surface area contributed by atoms with Crippen LogP contribution in [-0.4, -0.2) is 17.7 Å². The molecular formula is C15H11N3O. The summed E-state index contributed by atoms with van der Waals surface area (Å²) in [5, 5.41) is 4.03. The lowest BCUT2D eigenvalue weighted by molar-refractivity contribution is 0.107. The minimum atomic E-state index is -0.0887. The quantitative estimate of drug-likeness (QED) is 0.671. The highest BCUT2D eigenvalue weighted by molar-refractivity contribution is 6.67. The van der Waals surface area contributed by atoms with Crippen molar-refractivity contribution in [1.82, 2.24) is 0 Å². The van der Waals surface area contributed by atoms with Gasteiger partial charge in [0.25, 0.3) is 0 Å². The lowest BCUT2D eigenvalue weighted by atomic mass is 10.1. The van der Waals surface area contributed by atoms with Crippen molar-refractivity contribution >= 4 is 29.1 Å². The number of benzene rings is 2. The largest absolute Gasteiger partial charge is 0.287 e. The molecule has 0 saturated carbocycles. The molecule has 1 aliphatic rings. The van der Waals surface area contributed by atoms with E-state index in [1.165, 1.54) is 6.21 Å². The van der Waals surface area contributed by atoms with Gasteiger partial charge >= 0.3 is 0 Å². The van der Waals surface area contributed by atoms with Gasteiger partial charge in [-0.3, -0.25) is 10.2 Å². The van der Waals surface area contributed by atoms with Crippen LogP contribution in [0.25, 0.3) is 0 Å². The molecule has 3 rings (SSSR count). The van der Waals surface area contributed by atoms with Crippen LogP contribution in [0.5, 0.6) is 0 Å². The molecule has 0 atom stereocenters. The number of hydrazone groups is 1. The second-order valence-corrected chi connectivity index (χ2v) is 4.08. The van der Waals surface area contributed by atoms with E-state index in [0.29, 0.717) is 17.0 Å². The van der Waals surface area contributed by atoms with E-state index < -0.39 is 0 Å². The summed E-state index contributed by atoms with van der Waals surface area (Å²) >= 11 is 0. The molecule has 4 nitrogen and oxygen atoms in total. The maximum atomic E-state index is 12.0. The number of fused-ring (bicyclic) bond motifs is 1. The Morgan fingerprint density at radius 1 is 1.00 bits per heavy atom. The van der Waals surface area contributed by atoms with Gasteiger partial charge in [-0.25, -0.2) is 4.99 Å².